The van der Waals surface area contributed by atoms with Gasteiger partial charge in [-0.2, -0.15) is 0 Å². The molecule has 0 saturated carbocycles. The molecule has 0 radical (unpaired) electrons. The van der Waals surface area contributed by atoms with Crippen molar-refractivity contribution in [3.8, 4) is 0 Å². The first-order valence-corrected chi connectivity index (χ1v) is 5.97. The second-order valence-electron chi connectivity index (χ2n) is 3.55. The quantitative estimate of drug-likeness (QED) is 0.703. The van der Waals surface area contributed by atoms with Gasteiger partial charge in [0.15, 0.2) is 5.17 Å². The number of thioether (sulfide) groups is 1. The van der Waals surface area contributed by atoms with Gasteiger partial charge in [0.1, 0.15) is 0 Å². The van der Waals surface area contributed by atoms with Crippen LogP contribution in [0.5, 0.6) is 0 Å². The van der Waals surface area contributed by atoms with Gasteiger partial charge in [0.25, 0.3) is 0 Å². The fourth-order valence-corrected chi connectivity index (χ4v) is 2.43. The fraction of sp³-hybridized carbons (Fsp3) is 0.600. The summed E-state index contributed by atoms with van der Waals surface area (Å²) in [5.41, 5.74) is 0. The third-order valence-corrected chi connectivity index (χ3v) is 3.28. The molecule has 1 aliphatic carbocycles. The van der Waals surface area contributed by atoms with E-state index in [0.717, 1.165) is 30.3 Å². The molecule has 0 aromatic rings. The number of carbonyl (C=O) groups excluding carboxylic acids is 1. The first-order valence-electron chi connectivity index (χ1n) is 4.98. The molecule has 0 aromatic heterocycles. The molecule has 2 aliphatic rings. The minimum absolute atomic E-state index is 0.106. The van der Waals surface area contributed by atoms with Crippen molar-refractivity contribution in [3.63, 3.8) is 0 Å². The first kappa shape index (κ1) is 9.77. The predicted molar refractivity (Wildman–Crippen MR) is 59.4 cm³/mol. The summed E-state index contributed by atoms with van der Waals surface area (Å²) in [5, 5.41) is 3.65. The Labute approximate surface area is 88.1 Å². The standard InChI is InChI=1S/C10H14N2OS/c13-9(7-8-3-1-2-4-8)12-10-11-5-6-14-10/h1,3,8H,2,4-7H2,(H,11,12,13). The Hall–Kier alpha value is -0.770. The molecule has 1 atom stereocenters. The minimum atomic E-state index is 0.106. The first-order chi connectivity index (χ1) is 6.84. The number of amidine groups is 1. The Morgan fingerprint density at radius 2 is 2.64 bits per heavy atom. The van der Waals surface area contributed by atoms with E-state index in [4.69, 9.17) is 0 Å². The minimum Gasteiger partial charge on any atom is -0.305 e. The Morgan fingerprint density at radius 1 is 1.71 bits per heavy atom. The van der Waals surface area contributed by atoms with Crippen molar-refractivity contribution in [1.29, 1.82) is 0 Å². The van der Waals surface area contributed by atoms with Crippen LogP contribution in [0.25, 0.3) is 0 Å². The summed E-state index contributed by atoms with van der Waals surface area (Å²) in [4.78, 5) is 15.7. The monoisotopic (exact) mass is 210 g/mol. The van der Waals surface area contributed by atoms with Crippen LogP contribution in [0.1, 0.15) is 19.3 Å². The number of rotatable bonds is 2. The van der Waals surface area contributed by atoms with E-state index in [-0.39, 0.29) is 5.91 Å². The highest BCUT2D eigenvalue weighted by Crippen LogP contribution is 2.20. The number of amides is 1. The number of aliphatic imine (C=N–C) groups is 1. The SMILES string of the molecule is O=C(CC1C=CCC1)NC1=NCCS1. The normalized spacial score (nSPS) is 25.1. The van der Waals surface area contributed by atoms with Crippen molar-refractivity contribution in [1.82, 2.24) is 5.32 Å². The van der Waals surface area contributed by atoms with Gasteiger partial charge in [-0.3, -0.25) is 9.79 Å². The fourth-order valence-electron chi connectivity index (χ4n) is 1.68. The molecule has 1 N–H and O–H groups in total. The zero-order chi connectivity index (χ0) is 9.80. The summed E-state index contributed by atoms with van der Waals surface area (Å²) in [6, 6.07) is 0. The molecule has 76 valence electrons. The Morgan fingerprint density at radius 3 is 3.29 bits per heavy atom. The van der Waals surface area contributed by atoms with Gasteiger partial charge in [-0.25, -0.2) is 0 Å². The number of nitrogens with zero attached hydrogens (tertiary/aromatic N) is 1. The van der Waals surface area contributed by atoms with Crippen LogP contribution in [-0.4, -0.2) is 23.4 Å². The van der Waals surface area contributed by atoms with Crippen molar-refractivity contribution in [2.75, 3.05) is 12.3 Å². The summed E-state index contributed by atoms with van der Waals surface area (Å²) in [6.45, 7) is 0.837. The lowest BCUT2D eigenvalue weighted by Crippen LogP contribution is -2.28. The molecule has 0 fully saturated rings. The number of carbonyl (C=O) groups is 1. The molecule has 14 heavy (non-hydrogen) atoms. The topological polar surface area (TPSA) is 41.5 Å². The van der Waals surface area contributed by atoms with Crippen LogP contribution in [0, 0.1) is 5.92 Å². The van der Waals surface area contributed by atoms with Crippen LogP contribution in [-0.2, 0) is 4.79 Å². The molecule has 1 aliphatic heterocycles. The second-order valence-corrected chi connectivity index (χ2v) is 4.64. The third kappa shape index (κ3) is 2.61. The molecule has 1 unspecified atom stereocenters. The van der Waals surface area contributed by atoms with Crippen molar-refractivity contribution in [2.45, 2.75) is 19.3 Å². The molecule has 0 bridgehead atoms. The average molecular weight is 210 g/mol. The van der Waals surface area contributed by atoms with E-state index >= 15 is 0 Å². The molecule has 1 amide bonds. The van der Waals surface area contributed by atoms with Crippen LogP contribution in [0.2, 0.25) is 0 Å². The summed E-state index contributed by atoms with van der Waals surface area (Å²) >= 11 is 1.63. The Balaban J connectivity index is 1.75. The van der Waals surface area contributed by atoms with E-state index in [1.807, 2.05) is 0 Å². The second kappa shape index (κ2) is 4.64. The third-order valence-electron chi connectivity index (χ3n) is 2.39. The predicted octanol–water partition coefficient (Wildman–Crippen LogP) is 1.56. The number of allylic oxidation sites excluding steroid dienone is 2. The lowest BCUT2D eigenvalue weighted by molar-refractivity contribution is -0.120. The zero-order valence-electron chi connectivity index (χ0n) is 8.03. The van der Waals surface area contributed by atoms with E-state index in [9.17, 15) is 4.79 Å². The van der Waals surface area contributed by atoms with Crippen LogP contribution >= 0.6 is 11.8 Å². The maximum atomic E-state index is 11.5. The average Bonchev–Trinajstić information content (AvgIpc) is 2.76. The molecule has 2 rings (SSSR count). The van der Waals surface area contributed by atoms with Gasteiger partial charge in [0.2, 0.25) is 5.91 Å². The van der Waals surface area contributed by atoms with Gasteiger partial charge in [-0.05, 0) is 18.8 Å². The Kier molecular flexibility index (Phi) is 3.24. The van der Waals surface area contributed by atoms with Crippen molar-refractivity contribution in [3.05, 3.63) is 12.2 Å². The highest BCUT2D eigenvalue weighted by atomic mass is 32.2. The van der Waals surface area contributed by atoms with Crippen LogP contribution < -0.4 is 5.32 Å². The van der Waals surface area contributed by atoms with E-state index < -0.39 is 0 Å². The number of hydrogen-bond donors (Lipinski definition) is 1. The molecule has 0 spiro atoms. The van der Waals surface area contributed by atoms with E-state index in [2.05, 4.69) is 22.5 Å². The molecule has 1 heterocycles. The smallest absolute Gasteiger partial charge is 0.226 e. The van der Waals surface area contributed by atoms with Crippen LogP contribution in [0.3, 0.4) is 0 Å². The lowest BCUT2D eigenvalue weighted by atomic mass is 10.1. The van der Waals surface area contributed by atoms with Crippen molar-refractivity contribution < 1.29 is 4.79 Å². The van der Waals surface area contributed by atoms with Crippen molar-refractivity contribution in [2.24, 2.45) is 10.9 Å². The molecule has 0 aromatic carbocycles. The lowest BCUT2D eigenvalue weighted by Gasteiger charge is -2.07. The van der Waals surface area contributed by atoms with E-state index in [0.29, 0.717) is 12.3 Å². The summed E-state index contributed by atoms with van der Waals surface area (Å²) < 4.78 is 0. The maximum absolute atomic E-state index is 11.5. The highest BCUT2D eigenvalue weighted by Gasteiger charge is 2.16. The number of hydrogen-bond acceptors (Lipinski definition) is 3. The van der Waals surface area contributed by atoms with Gasteiger partial charge in [-0.15, -0.1) is 0 Å². The molecular formula is C10H14N2OS. The van der Waals surface area contributed by atoms with Gasteiger partial charge < -0.3 is 5.32 Å². The van der Waals surface area contributed by atoms with Crippen molar-refractivity contribution >= 4 is 22.8 Å². The zero-order valence-corrected chi connectivity index (χ0v) is 8.85. The number of nitrogens with one attached hydrogen (secondary N) is 1. The molecule has 3 nitrogen and oxygen atoms in total. The van der Waals surface area contributed by atoms with Gasteiger partial charge >= 0.3 is 0 Å². The summed E-state index contributed by atoms with van der Waals surface area (Å²) in [6.07, 6.45) is 7.14. The van der Waals surface area contributed by atoms with E-state index in [1.54, 1.807) is 11.8 Å². The molecule has 4 heteroatoms. The molecule has 0 saturated heterocycles. The maximum Gasteiger partial charge on any atom is 0.226 e. The summed E-state index contributed by atoms with van der Waals surface area (Å²) in [5.74, 6) is 1.55. The van der Waals surface area contributed by atoms with Gasteiger partial charge in [-0.1, -0.05) is 23.9 Å². The van der Waals surface area contributed by atoms with E-state index in [1.165, 1.54) is 0 Å². The Bertz CT molecular complexity index is 286. The largest absolute Gasteiger partial charge is 0.305 e. The van der Waals surface area contributed by atoms with Crippen LogP contribution in [0.15, 0.2) is 17.1 Å². The summed E-state index contributed by atoms with van der Waals surface area (Å²) in [7, 11) is 0. The van der Waals surface area contributed by atoms with Gasteiger partial charge in [0.05, 0.1) is 6.54 Å². The highest BCUT2D eigenvalue weighted by molar-refractivity contribution is 8.14. The molecular weight excluding hydrogens is 196 g/mol. The van der Waals surface area contributed by atoms with Crippen LogP contribution in [0.4, 0.5) is 0 Å². The van der Waals surface area contributed by atoms with Gasteiger partial charge in [0, 0.05) is 12.2 Å².